The average Bonchev–Trinajstić information content (AvgIpc) is 2.51. The lowest BCUT2D eigenvalue weighted by Crippen LogP contribution is -2.43. The molecule has 3 rings (SSSR count). The van der Waals surface area contributed by atoms with E-state index in [4.69, 9.17) is 4.74 Å². The highest BCUT2D eigenvalue weighted by Crippen LogP contribution is 2.27. The molecule has 0 spiro atoms. The molecule has 1 atom stereocenters. The van der Waals surface area contributed by atoms with Gasteiger partial charge in [-0.3, -0.25) is 9.78 Å². The molecule has 1 aromatic carbocycles. The summed E-state index contributed by atoms with van der Waals surface area (Å²) in [6.45, 7) is 3.28. The number of hydrogen-bond donors (Lipinski definition) is 0. The summed E-state index contributed by atoms with van der Waals surface area (Å²) in [6, 6.07) is 10.1. The van der Waals surface area contributed by atoms with Crippen molar-refractivity contribution in [1.29, 1.82) is 0 Å². The zero-order valence-electron chi connectivity index (χ0n) is 12.3. The Balaban J connectivity index is 1.87. The van der Waals surface area contributed by atoms with Gasteiger partial charge in [-0.25, -0.2) is 0 Å². The molecule has 0 aliphatic carbocycles. The molecule has 1 fully saturated rings. The number of benzene rings is 1. The first-order valence-corrected chi connectivity index (χ1v) is 7.96. The highest BCUT2D eigenvalue weighted by atomic mass is 79.9. The fourth-order valence-corrected chi connectivity index (χ4v) is 2.96. The van der Waals surface area contributed by atoms with Gasteiger partial charge in [-0.1, -0.05) is 29.8 Å². The number of hydrogen-bond acceptors (Lipinski definition) is 3. The number of halogens is 1. The molecule has 22 heavy (non-hydrogen) atoms. The summed E-state index contributed by atoms with van der Waals surface area (Å²) >= 11 is 3.43. The minimum atomic E-state index is -0.104. The van der Waals surface area contributed by atoms with Crippen LogP contribution in [0, 0.1) is 6.92 Å². The van der Waals surface area contributed by atoms with Crippen molar-refractivity contribution >= 4 is 21.8 Å². The van der Waals surface area contributed by atoms with Gasteiger partial charge in [0.25, 0.3) is 0 Å². The largest absolute Gasteiger partial charge is 0.369 e. The quantitative estimate of drug-likeness (QED) is 0.843. The Morgan fingerprint density at radius 1 is 1.32 bits per heavy atom. The van der Waals surface area contributed by atoms with E-state index in [1.54, 1.807) is 12.4 Å². The number of carbonyl (C=O) groups excluding carboxylic acids is 1. The van der Waals surface area contributed by atoms with Crippen molar-refractivity contribution in [3.05, 3.63) is 63.9 Å². The second kappa shape index (κ2) is 6.58. The molecule has 1 aliphatic rings. The summed E-state index contributed by atoms with van der Waals surface area (Å²) in [6.07, 6.45) is 3.53. The fourth-order valence-electron chi connectivity index (χ4n) is 2.58. The first-order valence-electron chi connectivity index (χ1n) is 7.16. The van der Waals surface area contributed by atoms with E-state index in [0.29, 0.717) is 13.2 Å². The Morgan fingerprint density at radius 3 is 2.82 bits per heavy atom. The van der Waals surface area contributed by atoms with Crippen LogP contribution < -0.4 is 0 Å². The maximum absolute atomic E-state index is 12.3. The van der Waals surface area contributed by atoms with Gasteiger partial charge in [0.1, 0.15) is 6.61 Å². The molecule has 1 saturated heterocycles. The number of carbonyl (C=O) groups is 1. The third-order valence-electron chi connectivity index (χ3n) is 3.78. The Hall–Kier alpha value is -1.72. The molecule has 0 bridgehead atoms. The Bertz CT molecular complexity index is 673. The molecule has 2 aromatic rings. The molecule has 114 valence electrons. The smallest absolute Gasteiger partial charge is 0.249 e. The fraction of sp³-hybridized carbons (Fsp3) is 0.294. The van der Waals surface area contributed by atoms with Gasteiger partial charge in [-0.05, 0) is 40.0 Å². The van der Waals surface area contributed by atoms with Crippen molar-refractivity contribution in [2.45, 2.75) is 19.5 Å². The normalized spacial score (nSPS) is 18.5. The minimum Gasteiger partial charge on any atom is -0.369 e. The van der Waals surface area contributed by atoms with Crippen LogP contribution >= 0.6 is 15.9 Å². The van der Waals surface area contributed by atoms with Crippen LogP contribution in [0.2, 0.25) is 0 Å². The van der Waals surface area contributed by atoms with Crippen molar-refractivity contribution in [3.63, 3.8) is 0 Å². The van der Waals surface area contributed by atoms with E-state index in [-0.39, 0.29) is 18.6 Å². The Morgan fingerprint density at radius 2 is 2.09 bits per heavy atom. The topological polar surface area (TPSA) is 42.4 Å². The molecule has 2 heterocycles. The Kier molecular flexibility index (Phi) is 4.55. The predicted octanol–water partition coefficient (Wildman–Crippen LogP) is 3.25. The second-order valence-electron chi connectivity index (χ2n) is 5.47. The molecule has 4 nitrogen and oxygen atoms in total. The average molecular weight is 361 g/mol. The third-order valence-corrected chi connectivity index (χ3v) is 4.22. The van der Waals surface area contributed by atoms with Crippen molar-refractivity contribution < 1.29 is 9.53 Å². The number of ether oxygens (including phenoxy) is 1. The number of rotatable bonds is 3. The zero-order chi connectivity index (χ0) is 15.5. The van der Waals surface area contributed by atoms with Crippen LogP contribution in [-0.2, 0) is 16.1 Å². The molecule has 0 N–H and O–H groups in total. The molecule has 0 saturated carbocycles. The van der Waals surface area contributed by atoms with E-state index in [1.165, 1.54) is 5.56 Å². The van der Waals surface area contributed by atoms with Crippen LogP contribution in [0.4, 0.5) is 0 Å². The number of nitrogens with zero attached hydrogens (tertiary/aromatic N) is 2. The highest BCUT2D eigenvalue weighted by Gasteiger charge is 2.30. The Labute approximate surface area is 138 Å². The summed E-state index contributed by atoms with van der Waals surface area (Å²) < 4.78 is 6.34. The van der Waals surface area contributed by atoms with E-state index >= 15 is 0 Å². The molecular formula is C17H17BrN2O2. The van der Waals surface area contributed by atoms with E-state index in [9.17, 15) is 4.79 Å². The third kappa shape index (κ3) is 3.36. The van der Waals surface area contributed by atoms with E-state index in [2.05, 4.69) is 52.1 Å². The van der Waals surface area contributed by atoms with Gasteiger partial charge in [0.15, 0.2) is 0 Å². The number of pyridine rings is 1. The van der Waals surface area contributed by atoms with Crippen molar-refractivity contribution in [2.24, 2.45) is 0 Å². The standard InChI is InChI=1S/C17H17BrN2O2/c1-12-2-4-13(5-3-12)9-20-16(10-22-11-17(20)21)14-6-15(18)8-19-7-14/h2-8,16H,9-11H2,1H3. The van der Waals surface area contributed by atoms with Crippen LogP contribution in [0.15, 0.2) is 47.2 Å². The summed E-state index contributed by atoms with van der Waals surface area (Å²) in [7, 11) is 0. The minimum absolute atomic E-state index is 0.0109. The lowest BCUT2D eigenvalue weighted by atomic mass is 10.1. The number of morpholine rings is 1. The maximum Gasteiger partial charge on any atom is 0.249 e. The second-order valence-corrected chi connectivity index (χ2v) is 6.39. The molecule has 1 unspecified atom stereocenters. The number of amides is 1. The first kappa shape index (κ1) is 15.2. The molecule has 5 heteroatoms. The van der Waals surface area contributed by atoms with Crippen molar-refractivity contribution in [2.75, 3.05) is 13.2 Å². The van der Waals surface area contributed by atoms with E-state index in [0.717, 1.165) is 15.6 Å². The monoisotopic (exact) mass is 360 g/mol. The molecule has 1 aliphatic heterocycles. The zero-order valence-corrected chi connectivity index (χ0v) is 13.9. The van der Waals surface area contributed by atoms with Gasteiger partial charge in [0, 0.05) is 23.4 Å². The summed E-state index contributed by atoms with van der Waals surface area (Å²) in [5.74, 6) is 0.0109. The van der Waals surface area contributed by atoms with E-state index in [1.807, 2.05) is 11.0 Å². The highest BCUT2D eigenvalue weighted by molar-refractivity contribution is 9.10. The summed E-state index contributed by atoms with van der Waals surface area (Å²) in [5, 5.41) is 0. The van der Waals surface area contributed by atoms with Crippen LogP contribution in [0.1, 0.15) is 22.7 Å². The van der Waals surface area contributed by atoms with Gasteiger partial charge in [0.2, 0.25) is 5.91 Å². The lowest BCUT2D eigenvalue weighted by molar-refractivity contribution is -0.149. The first-order chi connectivity index (χ1) is 10.6. The number of aromatic nitrogens is 1. The molecule has 1 aromatic heterocycles. The van der Waals surface area contributed by atoms with Crippen LogP contribution in [0.5, 0.6) is 0 Å². The van der Waals surface area contributed by atoms with Crippen LogP contribution in [0.25, 0.3) is 0 Å². The molecule has 1 amide bonds. The molecule has 0 radical (unpaired) electrons. The van der Waals surface area contributed by atoms with Gasteiger partial charge in [-0.15, -0.1) is 0 Å². The summed E-state index contributed by atoms with van der Waals surface area (Å²) in [4.78, 5) is 18.4. The molecular weight excluding hydrogens is 344 g/mol. The predicted molar refractivity (Wildman–Crippen MR) is 87.2 cm³/mol. The van der Waals surface area contributed by atoms with Gasteiger partial charge >= 0.3 is 0 Å². The van der Waals surface area contributed by atoms with Crippen molar-refractivity contribution in [3.8, 4) is 0 Å². The van der Waals surface area contributed by atoms with Gasteiger partial charge in [0.05, 0.1) is 12.6 Å². The lowest BCUT2D eigenvalue weighted by Gasteiger charge is -2.35. The summed E-state index contributed by atoms with van der Waals surface area (Å²) in [5.41, 5.74) is 3.31. The van der Waals surface area contributed by atoms with Crippen LogP contribution in [0.3, 0.4) is 0 Å². The van der Waals surface area contributed by atoms with Gasteiger partial charge < -0.3 is 9.64 Å². The van der Waals surface area contributed by atoms with E-state index < -0.39 is 0 Å². The van der Waals surface area contributed by atoms with Crippen LogP contribution in [-0.4, -0.2) is 29.0 Å². The van der Waals surface area contributed by atoms with Gasteiger partial charge in [-0.2, -0.15) is 0 Å². The van der Waals surface area contributed by atoms with Crippen molar-refractivity contribution in [1.82, 2.24) is 9.88 Å². The number of aryl methyl sites for hydroxylation is 1. The maximum atomic E-state index is 12.3. The SMILES string of the molecule is Cc1ccc(CN2C(=O)COCC2c2cncc(Br)c2)cc1.